The first-order chi connectivity index (χ1) is 12.1. The molecule has 0 N–H and O–H groups in total. The third-order valence-electron chi connectivity index (χ3n) is 6.37. The molecule has 4 aliphatic carbocycles. The van der Waals surface area contributed by atoms with Crippen LogP contribution < -0.4 is 4.90 Å². The average molecular weight is 335 g/mol. The molecule has 1 aromatic carbocycles. The van der Waals surface area contributed by atoms with Crippen molar-refractivity contribution in [3.63, 3.8) is 0 Å². The van der Waals surface area contributed by atoms with Gasteiger partial charge in [0.2, 0.25) is 0 Å². The molecular weight excluding hydrogens is 314 g/mol. The highest BCUT2D eigenvalue weighted by atomic mass is 16.2. The van der Waals surface area contributed by atoms with Crippen LogP contribution in [0.2, 0.25) is 0 Å². The highest BCUT2D eigenvalue weighted by molar-refractivity contribution is 6.06. The minimum atomic E-state index is -0.181. The second-order valence-electron chi connectivity index (χ2n) is 7.87. The summed E-state index contributed by atoms with van der Waals surface area (Å²) < 4.78 is 0. The number of benzene rings is 1. The topological polar surface area (TPSA) is 53.0 Å². The molecule has 5 aliphatic rings. The minimum absolute atomic E-state index is 0.110. The molecule has 0 radical (unpaired) electrons. The molecular formula is C20H21N3O2. The van der Waals surface area contributed by atoms with Crippen LogP contribution in [0.15, 0.2) is 41.5 Å². The van der Waals surface area contributed by atoms with Gasteiger partial charge >= 0.3 is 0 Å². The SMILES string of the molecule is CN(C)c1ccc(C=NN2C(=O)[C@@H]3[C@H]4C=C[C@@H]([C@@H]5C[C@H]45)[C@@H]3C2=O)cc1. The lowest BCUT2D eigenvalue weighted by Gasteiger charge is -2.37. The fraction of sp³-hybridized carbons (Fsp3) is 0.450. The second kappa shape index (κ2) is 5.04. The van der Waals surface area contributed by atoms with Gasteiger partial charge in [-0.2, -0.15) is 10.1 Å². The first-order valence-corrected chi connectivity index (χ1v) is 8.94. The predicted molar refractivity (Wildman–Crippen MR) is 94.9 cm³/mol. The highest BCUT2D eigenvalue weighted by Gasteiger charge is 2.67. The lowest BCUT2D eigenvalue weighted by atomic mass is 9.63. The number of hydrazone groups is 1. The van der Waals surface area contributed by atoms with Crippen LogP contribution in [0.3, 0.4) is 0 Å². The maximum Gasteiger partial charge on any atom is 0.254 e. The van der Waals surface area contributed by atoms with Gasteiger partial charge < -0.3 is 4.90 Å². The summed E-state index contributed by atoms with van der Waals surface area (Å²) in [5, 5.41) is 5.39. The Labute approximate surface area is 147 Å². The number of imide groups is 1. The van der Waals surface area contributed by atoms with Crippen molar-refractivity contribution >= 4 is 23.7 Å². The largest absolute Gasteiger partial charge is 0.378 e. The number of anilines is 1. The summed E-state index contributed by atoms with van der Waals surface area (Å²) in [6.45, 7) is 0. The van der Waals surface area contributed by atoms with E-state index in [0.29, 0.717) is 11.8 Å². The van der Waals surface area contributed by atoms with Crippen molar-refractivity contribution in [3.05, 3.63) is 42.0 Å². The van der Waals surface area contributed by atoms with E-state index in [4.69, 9.17) is 0 Å². The van der Waals surface area contributed by atoms with Crippen molar-refractivity contribution in [1.29, 1.82) is 0 Å². The Morgan fingerprint density at radius 2 is 1.56 bits per heavy atom. The number of nitrogens with zero attached hydrogens (tertiary/aromatic N) is 3. The molecule has 128 valence electrons. The molecule has 1 heterocycles. The summed E-state index contributed by atoms with van der Waals surface area (Å²) >= 11 is 0. The lowest BCUT2D eigenvalue weighted by molar-refractivity contribution is -0.140. The Balaban J connectivity index is 1.39. The first-order valence-electron chi connectivity index (χ1n) is 8.94. The molecule has 2 bridgehead atoms. The molecule has 6 rings (SSSR count). The molecule has 2 amide bonds. The number of carbonyl (C=O) groups excluding carboxylic acids is 2. The van der Waals surface area contributed by atoms with E-state index in [1.54, 1.807) is 6.21 Å². The van der Waals surface area contributed by atoms with Gasteiger partial charge in [-0.15, -0.1) is 0 Å². The summed E-state index contributed by atoms with van der Waals surface area (Å²) in [7, 11) is 3.97. The number of amides is 2. The molecule has 1 aromatic rings. The Morgan fingerprint density at radius 1 is 1.00 bits per heavy atom. The van der Waals surface area contributed by atoms with E-state index in [2.05, 4.69) is 17.3 Å². The lowest BCUT2D eigenvalue weighted by Crippen LogP contribution is -2.40. The number of rotatable bonds is 3. The van der Waals surface area contributed by atoms with E-state index in [-0.39, 0.29) is 35.5 Å². The van der Waals surface area contributed by atoms with Gasteiger partial charge in [-0.3, -0.25) is 9.59 Å². The van der Waals surface area contributed by atoms with Crippen molar-refractivity contribution in [2.45, 2.75) is 6.42 Å². The molecule has 0 unspecified atom stereocenters. The van der Waals surface area contributed by atoms with E-state index in [0.717, 1.165) is 16.3 Å². The third-order valence-corrected chi connectivity index (χ3v) is 6.37. The first kappa shape index (κ1) is 14.9. The van der Waals surface area contributed by atoms with Crippen LogP contribution >= 0.6 is 0 Å². The predicted octanol–water partition coefficient (Wildman–Crippen LogP) is 2.14. The number of carbonyl (C=O) groups is 2. The average Bonchev–Trinajstić information content (AvgIpc) is 3.39. The van der Waals surface area contributed by atoms with E-state index in [1.807, 2.05) is 43.3 Å². The smallest absolute Gasteiger partial charge is 0.254 e. The molecule has 5 heteroatoms. The quantitative estimate of drug-likeness (QED) is 0.483. The normalized spacial score (nSPS) is 37.6. The van der Waals surface area contributed by atoms with Crippen LogP contribution in [-0.2, 0) is 9.59 Å². The van der Waals surface area contributed by atoms with Crippen LogP contribution in [0.4, 0.5) is 5.69 Å². The third kappa shape index (κ3) is 2.04. The number of allylic oxidation sites excluding steroid dienone is 2. The molecule has 25 heavy (non-hydrogen) atoms. The zero-order valence-electron chi connectivity index (χ0n) is 14.4. The van der Waals surface area contributed by atoms with E-state index < -0.39 is 0 Å². The summed E-state index contributed by atoms with van der Waals surface area (Å²) in [5.41, 5.74) is 1.98. The standard InChI is InChI=1S/C20H21N3O2/c1-22(2)12-5-3-11(4-6-12)10-21-23-19(24)17-13-7-8-14(16-9-15(13)16)18(17)20(23)25/h3-8,10,13-18H,9H2,1-2H3/t13-,14-,15-,16+,17-,18+/m0/s1. The molecule has 0 aromatic heterocycles. The van der Waals surface area contributed by atoms with E-state index in [9.17, 15) is 9.59 Å². The van der Waals surface area contributed by atoms with Crippen molar-refractivity contribution in [2.24, 2.45) is 40.6 Å². The molecule has 6 atom stereocenters. The van der Waals surface area contributed by atoms with Crippen LogP contribution in [0.25, 0.3) is 0 Å². The maximum atomic E-state index is 12.8. The number of hydrogen-bond donors (Lipinski definition) is 0. The van der Waals surface area contributed by atoms with E-state index in [1.165, 1.54) is 6.42 Å². The van der Waals surface area contributed by atoms with Gasteiger partial charge in [0, 0.05) is 19.8 Å². The summed E-state index contributed by atoms with van der Waals surface area (Å²) in [6.07, 6.45) is 7.15. The summed E-state index contributed by atoms with van der Waals surface area (Å²) in [4.78, 5) is 27.7. The Kier molecular flexibility index (Phi) is 3.00. The molecule has 2 saturated carbocycles. The Bertz CT molecular complexity index is 775. The van der Waals surface area contributed by atoms with Crippen LogP contribution in [0, 0.1) is 35.5 Å². The van der Waals surface area contributed by atoms with Gasteiger partial charge in [-0.25, -0.2) is 0 Å². The summed E-state index contributed by atoms with van der Waals surface area (Å²) in [5.74, 6) is 1.15. The number of hydrogen-bond acceptors (Lipinski definition) is 4. The van der Waals surface area contributed by atoms with Crippen LogP contribution in [0.1, 0.15) is 12.0 Å². The summed E-state index contributed by atoms with van der Waals surface area (Å²) in [6, 6.07) is 7.87. The van der Waals surface area contributed by atoms with Crippen molar-refractivity contribution in [3.8, 4) is 0 Å². The zero-order chi connectivity index (χ0) is 17.3. The van der Waals surface area contributed by atoms with Crippen molar-refractivity contribution in [1.82, 2.24) is 5.01 Å². The van der Waals surface area contributed by atoms with Crippen LogP contribution in [-0.4, -0.2) is 37.1 Å². The van der Waals surface area contributed by atoms with Crippen molar-refractivity contribution < 1.29 is 9.59 Å². The molecule has 1 aliphatic heterocycles. The Morgan fingerprint density at radius 3 is 2.08 bits per heavy atom. The minimum Gasteiger partial charge on any atom is -0.378 e. The van der Waals surface area contributed by atoms with Gasteiger partial charge in [-0.1, -0.05) is 24.3 Å². The fourth-order valence-corrected chi connectivity index (χ4v) is 5.04. The molecule has 1 saturated heterocycles. The van der Waals surface area contributed by atoms with Gasteiger partial charge in [0.25, 0.3) is 11.8 Å². The fourth-order valence-electron chi connectivity index (χ4n) is 5.04. The zero-order valence-corrected chi connectivity index (χ0v) is 14.4. The van der Waals surface area contributed by atoms with E-state index >= 15 is 0 Å². The Hall–Kier alpha value is -2.43. The maximum absolute atomic E-state index is 12.8. The second-order valence-corrected chi connectivity index (χ2v) is 7.87. The van der Waals surface area contributed by atoms with Gasteiger partial charge in [-0.05, 0) is 47.8 Å². The monoisotopic (exact) mass is 335 g/mol. The van der Waals surface area contributed by atoms with Gasteiger partial charge in [0.15, 0.2) is 0 Å². The van der Waals surface area contributed by atoms with Gasteiger partial charge in [0.05, 0.1) is 18.1 Å². The molecule has 3 fully saturated rings. The highest BCUT2D eigenvalue weighted by Crippen LogP contribution is 2.65. The van der Waals surface area contributed by atoms with Crippen molar-refractivity contribution in [2.75, 3.05) is 19.0 Å². The molecule has 0 spiro atoms. The molecule has 5 nitrogen and oxygen atoms in total. The van der Waals surface area contributed by atoms with Crippen LogP contribution in [0.5, 0.6) is 0 Å². The van der Waals surface area contributed by atoms with Gasteiger partial charge in [0.1, 0.15) is 0 Å².